The third kappa shape index (κ3) is 4.60. The third-order valence-electron chi connectivity index (χ3n) is 2.97. The first-order valence-electron chi connectivity index (χ1n) is 6.91. The second kappa shape index (κ2) is 7.82. The van der Waals surface area contributed by atoms with Gasteiger partial charge in [-0.1, -0.05) is 24.3 Å². The molecule has 0 bridgehead atoms. The van der Waals surface area contributed by atoms with Gasteiger partial charge in [0.05, 0.1) is 11.1 Å². The molecular weight excluding hydrogens is 317 g/mol. The van der Waals surface area contributed by atoms with E-state index >= 15 is 0 Å². The molecule has 7 nitrogen and oxygen atoms in total. The van der Waals surface area contributed by atoms with Gasteiger partial charge >= 0.3 is 5.69 Å². The van der Waals surface area contributed by atoms with E-state index in [1.807, 2.05) is 0 Å². The molecule has 0 aliphatic heterocycles. The van der Waals surface area contributed by atoms with Crippen molar-refractivity contribution in [2.75, 3.05) is 6.61 Å². The number of rotatable bonds is 6. The zero-order valence-electron chi connectivity index (χ0n) is 12.7. The predicted octanol–water partition coefficient (Wildman–Crippen LogP) is 2.57. The maximum absolute atomic E-state index is 13.3. The van der Waals surface area contributed by atoms with Crippen molar-refractivity contribution in [2.45, 2.75) is 6.92 Å². The number of nitro benzene ring substituents is 1. The Morgan fingerprint density at radius 1 is 1.38 bits per heavy atom. The highest BCUT2D eigenvalue weighted by molar-refractivity contribution is 5.83. The molecule has 8 heteroatoms. The molecule has 0 aliphatic rings. The van der Waals surface area contributed by atoms with Crippen LogP contribution >= 0.6 is 0 Å². The molecule has 0 unspecified atom stereocenters. The number of benzene rings is 2. The number of hydrogen-bond acceptors (Lipinski definition) is 5. The number of carbonyl (C=O) groups is 1. The van der Waals surface area contributed by atoms with Gasteiger partial charge in [-0.2, -0.15) is 5.10 Å². The van der Waals surface area contributed by atoms with Gasteiger partial charge in [-0.05, 0) is 24.6 Å². The summed E-state index contributed by atoms with van der Waals surface area (Å²) >= 11 is 0. The summed E-state index contributed by atoms with van der Waals surface area (Å²) in [6, 6.07) is 10.3. The van der Waals surface area contributed by atoms with Gasteiger partial charge in [0.1, 0.15) is 5.82 Å². The largest absolute Gasteiger partial charge is 0.477 e. The number of ether oxygens (including phenoxy) is 1. The van der Waals surface area contributed by atoms with Crippen LogP contribution in [-0.2, 0) is 4.79 Å². The number of nitro groups is 1. The number of nitrogens with one attached hydrogen (secondary N) is 1. The smallest absolute Gasteiger partial charge is 0.311 e. The zero-order valence-corrected chi connectivity index (χ0v) is 12.7. The number of hydrazone groups is 1. The van der Waals surface area contributed by atoms with Crippen LogP contribution in [0.15, 0.2) is 47.6 Å². The number of halogens is 1. The van der Waals surface area contributed by atoms with Gasteiger partial charge in [0, 0.05) is 11.6 Å². The van der Waals surface area contributed by atoms with E-state index in [9.17, 15) is 19.3 Å². The Hall–Kier alpha value is -3.29. The van der Waals surface area contributed by atoms with Gasteiger partial charge < -0.3 is 4.74 Å². The van der Waals surface area contributed by atoms with Crippen LogP contribution in [0.4, 0.5) is 10.1 Å². The molecule has 0 spiro atoms. The molecule has 1 amide bonds. The Kier molecular flexibility index (Phi) is 5.56. The van der Waals surface area contributed by atoms with Crippen molar-refractivity contribution in [3.8, 4) is 5.75 Å². The molecule has 0 saturated heterocycles. The summed E-state index contributed by atoms with van der Waals surface area (Å²) in [6.45, 7) is 1.25. The van der Waals surface area contributed by atoms with E-state index in [1.54, 1.807) is 19.1 Å². The predicted molar refractivity (Wildman–Crippen MR) is 85.5 cm³/mol. The number of nitrogens with zero attached hydrogens (tertiary/aromatic N) is 2. The van der Waals surface area contributed by atoms with Gasteiger partial charge in [0.2, 0.25) is 0 Å². The Bertz CT molecular complexity index is 793. The van der Waals surface area contributed by atoms with Gasteiger partial charge in [0.25, 0.3) is 5.91 Å². The maximum atomic E-state index is 13.3. The van der Waals surface area contributed by atoms with Crippen LogP contribution in [0.25, 0.3) is 0 Å². The lowest BCUT2D eigenvalue weighted by Crippen LogP contribution is -2.24. The average Bonchev–Trinajstić information content (AvgIpc) is 2.55. The molecule has 1 N–H and O–H groups in total. The van der Waals surface area contributed by atoms with Crippen LogP contribution < -0.4 is 10.2 Å². The van der Waals surface area contributed by atoms with Crippen molar-refractivity contribution >= 4 is 17.8 Å². The molecule has 0 heterocycles. The number of hydrogen-bond donors (Lipinski definition) is 1. The van der Waals surface area contributed by atoms with E-state index in [0.29, 0.717) is 5.56 Å². The highest BCUT2D eigenvalue weighted by atomic mass is 19.1. The molecule has 0 aromatic heterocycles. The van der Waals surface area contributed by atoms with E-state index in [1.165, 1.54) is 30.3 Å². The molecule has 0 aliphatic carbocycles. The fourth-order valence-electron chi connectivity index (χ4n) is 1.82. The summed E-state index contributed by atoms with van der Waals surface area (Å²) in [6.07, 6.45) is 1.15. The summed E-state index contributed by atoms with van der Waals surface area (Å²) in [4.78, 5) is 22.0. The highest BCUT2D eigenvalue weighted by Crippen LogP contribution is 2.27. The summed E-state index contributed by atoms with van der Waals surface area (Å²) in [5, 5.41) is 14.6. The van der Waals surface area contributed by atoms with E-state index in [0.717, 1.165) is 6.21 Å². The molecule has 0 saturated carbocycles. The summed E-state index contributed by atoms with van der Waals surface area (Å²) in [7, 11) is 0. The van der Waals surface area contributed by atoms with Crippen LogP contribution in [0.2, 0.25) is 0 Å². The van der Waals surface area contributed by atoms with E-state index in [2.05, 4.69) is 10.5 Å². The fourth-order valence-corrected chi connectivity index (χ4v) is 1.82. The first kappa shape index (κ1) is 17.1. The zero-order chi connectivity index (χ0) is 17.5. The van der Waals surface area contributed by atoms with Gasteiger partial charge in [0.15, 0.2) is 12.4 Å². The van der Waals surface area contributed by atoms with Crippen LogP contribution in [0.3, 0.4) is 0 Å². The summed E-state index contributed by atoms with van der Waals surface area (Å²) < 4.78 is 18.5. The monoisotopic (exact) mass is 331 g/mol. The van der Waals surface area contributed by atoms with E-state index in [-0.39, 0.29) is 17.0 Å². The third-order valence-corrected chi connectivity index (χ3v) is 2.97. The second-order valence-electron chi connectivity index (χ2n) is 4.83. The number of aryl methyl sites for hydroxylation is 1. The molecule has 2 rings (SSSR count). The van der Waals surface area contributed by atoms with Crippen LogP contribution in [0.5, 0.6) is 5.75 Å². The summed E-state index contributed by atoms with van der Waals surface area (Å²) in [5.74, 6) is -1.11. The van der Waals surface area contributed by atoms with E-state index < -0.39 is 23.3 Å². The minimum Gasteiger partial charge on any atom is -0.477 e. The molecule has 0 fully saturated rings. The fraction of sp³-hybridized carbons (Fsp3) is 0.125. The minimum atomic E-state index is -0.627. The topological polar surface area (TPSA) is 93.8 Å². The van der Waals surface area contributed by atoms with Crippen LogP contribution in [-0.4, -0.2) is 23.7 Å². The normalized spacial score (nSPS) is 10.6. The molecule has 24 heavy (non-hydrogen) atoms. The lowest BCUT2D eigenvalue weighted by Gasteiger charge is -2.06. The second-order valence-corrected chi connectivity index (χ2v) is 4.83. The number of amides is 1. The summed E-state index contributed by atoms with van der Waals surface area (Å²) in [5.41, 5.74) is 2.85. The van der Waals surface area contributed by atoms with E-state index in [4.69, 9.17) is 4.74 Å². The van der Waals surface area contributed by atoms with Gasteiger partial charge in [-0.25, -0.2) is 9.82 Å². The lowest BCUT2D eigenvalue weighted by molar-refractivity contribution is -0.385. The average molecular weight is 331 g/mol. The number of carbonyl (C=O) groups excluding carboxylic acids is 1. The Morgan fingerprint density at radius 3 is 2.83 bits per heavy atom. The Balaban J connectivity index is 1.92. The lowest BCUT2D eigenvalue weighted by atomic mass is 10.2. The Morgan fingerprint density at radius 2 is 2.12 bits per heavy atom. The van der Waals surface area contributed by atoms with Gasteiger partial charge in [-0.15, -0.1) is 0 Å². The molecule has 124 valence electrons. The van der Waals surface area contributed by atoms with Crippen molar-refractivity contribution in [2.24, 2.45) is 5.10 Å². The standard InChI is InChI=1S/C16H14FN3O4/c1-11-6-7-15(14(8-11)20(22)23)24-10-16(21)19-18-9-12-4-2-3-5-13(12)17/h2-9H,10H2,1H3,(H,19,21). The van der Waals surface area contributed by atoms with Crippen molar-refractivity contribution in [1.82, 2.24) is 5.43 Å². The van der Waals surface area contributed by atoms with Crippen molar-refractivity contribution in [3.63, 3.8) is 0 Å². The Labute approximate surface area is 136 Å². The maximum Gasteiger partial charge on any atom is 0.311 e. The molecule has 0 radical (unpaired) electrons. The first-order valence-corrected chi connectivity index (χ1v) is 6.91. The SMILES string of the molecule is Cc1ccc(OCC(=O)NN=Cc2ccccc2F)c([N+](=O)[O-])c1. The van der Waals surface area contributed by atoms with Crippen molar-refractivity contribution in [1.29, 1.82) is 0 Å². The van der Waals surface area contributed by atoms with Crippen LogP contribution in [0.1, 0.15) is 11.1 Å². The quantitative estimate of drug-likeness (QED) is 0.500. The van der Waals surface area contributed by atoms with Crippen molar-refractivity contribution < 1.29 is 18.8 Å². The first-order chi connectivity index (χ1) is 11.5. The molecule has 2 aromatic carbocycles. The van der Waals surface area contributed by atoms with Crippen molar-refractivity contribution in [3.05, 3.63) is 69.5 Å². The molecule has 0 atom stereocenters. The molecule has 2 aromatic rings. The highest BCUT2D eigenvalue weighted by Gasteiger charge is 2.16. The molecular formula is C16H14FN3O4. The van der Waals surface area contributed by atoms with Crippen LogP contribution in [0, 0.1) is 22.9 Å². The minimum absolute atomic E-state index is 0.0150. The van der Waals surface area contributed by atoms with Gasteiger partial charge in [-0.3, -0.25) is 14.9 Å².